The second kappa shape index (κ2) is 19.3. The summed E-state index contributed by atoms with van der Waals surface area (Å²) in [5.74, 6) is -2.98. The molecule has 0 radical (unpaired) electrons. The van der Waals surface area contributed by atoms with Crippen LogP contribution in [-0.2, 0) is 41.7 Å². The van der Waals surface area contributed by atoms with E-state index in [0.29, 0.717) is 38.8 Å². The number of nitrogens with zero attached hydrogens (tertiary/aromatic N) is 2. The topological polar surface area (TPSA) is 195 Å². The Morgan fingerprint density at radius 2 is 1.59 bits per heavy atom. The van der Waals surface area contributed by atoms with E-state index in [1.807, 2.05) is 30.3 Å². The van der Waals surface area contributed by atoms with Crippen LogP contribution in [0, 0.1) is 5.92 Å². The van der Waals surface area contributed by atoms with Crippen LogP contribution < -0.4 is 26.6 Å². The first-order chi connectivity index (χ1) is 27.1. The highest BCUT2D eigenvalue weighted by Crippen LogP contribution is 2.28. The van der Waals surface area contributed by atoms with E-state index in [1.54, 1.807) is 11.0 Å². The molecule has 1 saturated heterocycles. The highest BCUT2D eigenvalue weighted by atomic mass is 16.6. The minimum absolute atomic E-state index is 0.0267. The first kappa shape index (κ1) is 40.7. The molecule has 1 aromatic rings. The molecule has 1 unspecified atom stereocenters. The summed E-state index contributed by atoms with van der Waals surface area (Å²) in [7, 11) is 1.54. The third-order valence-corrected chi connectivity index (χ3v) is 11.7. The maximum Gasteiger partial charge on any atom is 0.410 e. The number of urea groups is 1. The van der Waals surface area contributed by atoms with Gasteiger partial charge in [-0.2, -0.15) is 0 Å². The summed E-state index contributed by atoms with van der Waals surface area (Å²) >= 11 is 0. The smallest absolute Gasteiger partial charge is 0.410 e. The van der Waals surface area contributed by atoms with E-state index >= 15 is 0 Å². The molecule has 5 atom stereocenters. The number of carbonyl (C=O) groups excluding carboxylic acids is 7. The zero-order chi connectivity index (χ0) is 39.6. The zero-order valence-electron chi connectivity index (χ0n) is 32.4. The molecule has 3 fully saturated rings. The van der Waals surface area contributed by atoms with Gasteiger partial charge < -0.3 is 41.1 Å². The lowest BCUT2D eigenvalue weighted by atomic mass is 9.83. The fourth-order valence-corrected chi connectivity index (χ4v) is 8.28. The fraction of sp³-hybridized carbons (Fsp3) is 0.634. The SMILES string of the molecule is CNC(=O)[C@@H](NC(=O)[C@@H]1CCCCC/C=C\CC(C(=O)C(=O)NC2CC2)NC(=O)N2C[C@@H](OC(=O)N3CCc4ccccc4C3)C[C@@H]2C(=O)N1)C1CCCCC1. The van der Waals surface area contributed by atoms with Gasteiger partial charge in [-0.15, -0.1) is 0 Å². The molecule has 6 rings (SSSR count). The highest BCUT2D eigenvalue weighted by Gasteiger charge is 2.44. The van der Waals surface area contributed by atoms with Crippen LogP contribution >= 0.6 is 0 Å². The number of carbonyl (C=O) groups is 7. The van der Waals surface area contributed by atoms with Crippen LogP contribution in [0.25, 0.3) is 0 Å². The summed E-state index contributed by atoms with van der Waals surface area (Å²) in [6.07, 6.45) is 12.3. The number of hydrogen-bond donors (Lipinski definition) is 5. The number of benzene rings is 1. The quantitative estimate of drug-likeness (QED) is 0.196. The van der Waals surface area contributed by atoms with Crippen LogP contribution in [0.1, 0.15) is 101 Å². The standard InChI is InChI=1S/C41H57N7O8/c1-42-38(52)34(27-14-7-6-8-15-27)46-36(50)32-18-10-5-3-2-4-9-17-31(35(49)39(53)43-29-19-20-29)45-40(54)48-25-30(23-33(48)37(51)44-32)56-41(55)47-22-21-26-13-11-12-16-28(26)24-47/h4,9,11-13,16,27,29-34H,2-3,5-8,10,14-15,17-25H2,1H3,(H,42,52)(H,43,53)(H,44,51)(H,45,54)(H,46,50)/b9-4-/t30-,31?,32-,33+,34-/m0/s1. The molecule has 7 amide bonds. The number of nitrogens with one attached hydrogen (secondary N) is 5. The number of likely N-dealkylation sites (N-methyl/N-ethyl adjacent to an activating group) is 1. The second-order valence-corrected chi connectivity index (χ2v) is 15.9. The van der Waals surface area contributed by atoms with Crippen molar-refractivity contribution in [3.05, 3.63) is 47.5 Å². The lowest BCUT2D eigenvalue weighted by Crippen LogP contribution is -2.59. The summed E-state index contributed by atoms with van der Waals surface area (Å²) < 4.78 is 5.94. The van der Waals surface area contributed by atoms with Crippen LogP contribution in [0.2, 0.25) is 0 Å². The maximum atomic E-state index is 14.3. The molecule has 2 saturated carbocycles. The molecule has 15 heteroatoms. The van der Waals surface area contributed by atoms with Crippen molar-refractivity contribution < 1.29 is 38.3 Å². The molecule has 304 valence electrons. The lowest BCUT2D eigenvalue weighted by Gasteiger charge is -2.31. The van der Waals surface area contributed by atoms with E-state index < -0.39 is 65.9 Å². The Morgan fingerprint density at radius 1 is 0.857 bits per heavy atom. The second-order valence-electron chi connectivity index (χ2n) is 15.9. The summed E-state index contributed by atoms with van der Waals surface area (Å²) in [4.78, 5) is 97.8. The van der Waals surface area contributed by atoms with Gasteiger partial charge in [-0.1, -0.05) is 68.5 Å². The van der Waals surface area contributed by atoms with Gasteiger partial charge in [0.2, 0.25) is 23.5 Å². The Morgan fingerprint density at radius 3 is 2.34 bits per heavy atom. The van der Waals surface area contributed by atoms with Crippen molar-refractivity contribution in [2.75, 3.05) is 20.1 Å². The maximum absolute atomic E-state index is 14.3. The van der Waals surface area contributed by atoms with Crippen molar-refractivity contribution in [3.8, 4) is 0 Å². The average Bonchev–Trinajstić information content (AvgIpc) is 3.93. The summed E-state index contributed by atoms with van der Waals surface area (Å²) in [5.41, 5.74) is 2.18. The average molecular weight is 776 g/mol. The molecule has 2 aliphatic carbocycles. The first-order valence-corrected chi connectivity index (χ1v) is 20.5. The number of hydrogen-bond acceptors (Lipinski definition) is 8. The Hall–Kier alpha value is -4.95. The van der Waals surface area contributed by atoms with Gasteiger partial charge in [0.15, 0.2) is 0 Å². The van der Waals surface area contributed by atoms with Gasteiger partial charge in [0.05, 0.1) is 6.54 Å². The van der Waals surface area contributed by atoms with Gasteiger partial charge in [0, 0.05) is 32.6 Å². The summed E-state index contributed by atoms with van der Waals surface area (Å²) in [6, 6.07) is 2.94. The number of allylic oxidation sites excluding steroid dienone is 1. The fourth-order valence-electron chi connectivity index (χ4n) is 8.28. The number of ketones is 1. The van der Waals surface area contributed by atoms with Crippen LogP contribution in [0.4, 0.5) is 9.59 Å². The van der Waals surface area contributed by atoms with E-state index in [9.17, 15) is 33.6 Å². The lowest BCUT2D eigenvalue weighted by molar-refractivity contribution is -0.139. The Balaban J connectivity index is 1.21. The van der Waals surface area contributed by atoms with Crippen molar-refractivity contribution in [2.45, 2.75) is 139 Å². The van der Waals surface area contributed by atoms with E-state index in [4.69, 9.17) is 4.74 Å². The van der Waals surface area contributed by atoms with Crippen molar-refractivity contribution in [1.82, 2.24) is 36.4 Å². The molecule has 1 aromatic carbocycles. The predicted octanol–water partition coefficient (Wildman–Crippen LogP) is 2.76. The number of ether oxygens (including phenoxy) is 1. The van der Waals surface area contributed by atoms with Crippen LogP contribution in [0.15, 0.2) is 36.4 Å². The monoisotopic (exact) mass is 775 g/mol. The molecular formula is C41H57N7O8. The van der Waals surface area contributed by atoms with Gasteiger partial charge >= 0.3 is 12.1 Å². The largest absolute Gasteiger partial charge is 0.444 e. The number of fused-ring (bicyclic) bond motifs is 2. The van der Waals surface area contributed by atoms with Crippen molar-refractivity contribution in [1.29, 1.82) is 0 Å². The zero-order valence-corrected chi connectivity index (χ0v) is 32.4. The molecule has 3 aliphatic heterocycles. The highest BCUT2D eigenvalue weighted by molar-refractivity contribution is 6.38. The van der Waals surface area contributed by atoms with Gasteiger partial charge in [-0.3, -0.25) is 24.0 Å². The van der Waals surface area contributed by atoms with Gasteiger partial charge in [-0.25, -0.2) is 9.59 Å². The van der Waals surface area contributed by atoms with E-state index in [0.717, 1.165) is 68.9 Å². The van der Waals surface area contributed by atoms with Gasteiger partial charge in [0.1, 0.15) is 30.3 Å². The molecule has 15 nitrogen and oxygen atoms in total. The normalized spacial score (nSPS) is 26.3. The predicted molar refractivity (Wildman–Crippen MR) is 206 cm³/mol. The molecule has 0 bridgehead atoms. The number of rotatable bonds is 8. The van der Waals surface area contributed by atoms with Gasteiger partial charge in [0.25, 0.3) is 5.91 Å². The van der Waals surface area contributed by atoms with Crippen molar-refractivity contribution in [2.24, 2.45) is 5.92 Å². The third kappa shape index (κ3) is 10.7. The Labute approximate surface area is 328 Å². The molecule has 56 heavy (non-hydrogen) atoms. The third-order valence-electron chi connectivity index (χ3n) is 11.7. The first-order valence-electron chi connectivity index (χ1n) is 20.5. The van der Waals surface area contributed by atoms with Crippen LogP contribution in [0.3, 0.4) is 0 Å². The number of Topliss-reactive ketones (excluding diaryl/α,β-unsaturated/α-hetero) is 1. The summed E-state index contributed by atoms with van der Waals surface area (Å²) in [5, 5.41) is 13.9. The molecule has 0 aromatic heterocycles. The van der Waals surface area contributed by atoms with E-state index in [1.165, 1.54) is 11.9 Å². The van der Waals surface area contributed by atoms with Gasteiger partial charge in [-0.05, 0) is 74.8 Å². The minimum Gasteiger partial charge on any atom is -0.444 e. The Kier molecular flexibility index (Phi) is 14.0. The summed E-state index contributed by atoms with van der Waals surface area (Å²) in [6.45, 7) is 0.665. The van der Waals surface area contributed by atoms with Crippen molar-refractivity contribution in [3.63, 3.8) is 0 Å². The molecule has 3 heterocycles. The molecule has 5 aliphatic rings. The minimum atomic E-state index is -1.19. The van der Waals surface area contributed by atoms with Crippen molar-refractivity contribution >= 4 is 41.5 Å². The van der Waals surface area contributed by atoms with E-state index in [-0.39, 0.29) is 37.3 Å². The number of amides is 7. The van der Waals surface area contributed by atoms with Crippen LogP contribution in [0.5, 0.6) is 0 Å². The molecular weight excluding hydrogens is 718 g/mol. The molecule has 5 N–H and O–H groups in total. The Bertz CT molecular complexity index is 1660. The molecule has 0 spiro atoms. The van der Waals surface area contributed by atoms with E-state index in [2.05, 4.69) is 26.6 Å². The van der Waals surface area contributed by atoms with Crippen LogP contribution in [-0.4, -0.2) is 108 Å².